The maximum Gasteiger partial charge on any atom is 0.187 e. The summed E-state index contributed by atoms with van der Waals surface area (Å²) in [4.78, 5) is 0. The summed E-state index contributed by atoms with van der Waals surface area (Å²) in [5, 5.41) is 70.9. The van der Waals surface area contributed by atoms with Crippen molar-refractivity contribution in [2.75, 3.05) is 13.2 Å². The first kappa shape index (κ1) is 27.0. The number of aliphatic hydroxyl groups is 7. The highest BCUT2D eigenvalue weighted by Crippen LogP contribution is 2.31. The van der Waals surface area contributed by atoms with Crippen LogP contribution in [0.15, 0.2) is 0 Å². The Morgan fingerprint density at radius 3 is 1.70 bits per heavy atom. The summed E-state index contributed by atoms with van der Waals surface area (Å²) in [6.07, 6.45) is -16.5. The van der Waals surface area contributed by atoms with Gasteiger partial charge in [-0.05, 0) is 6.42 Å². The quantitative estimate of drug-likeness (QED) is 0.167. The lowest BCUT2D eigenvalue weighted by Crippen LogP contribution is -2.68. The van der Waals surface area contributed by atoms with Crippen molar-refractivity contribution in [3.63, 3.8) is 0 Å². The van der Waals surface area contributed by atoms with Gasteiger partial charge in [0.25, 0.3) is 0 Å². The van der Waals surface area contributed by atoms with Crippen LogP contribution in [0.2, 0.25) is 0 Å². The molecule has 3 aliphatic rings. The zero-order chi connectivity index (χ0) is 24.6. The monoisotopic (exact) mass is 484 g/mol. The van der Waals surface area contributed by atoms with Crippen molar-refractivity contribution in [2.24, 2.45) is 22.9 Å². The van der Waals surface area contributed by atoms with E-state index in [9.17, 15) is 35.7 Å². The van der Waals surface area contributed by atoms with Crippen molar-refractivity contribution in [3.8, 4) is 0 Å². The molecule has 194 valence electrons. The number of hydrogen-bond donors (Lipinski definition) is 11. The Labute approximate surface area is 189 Å². The molecule has 3 fully saturated rings. The van der Waals surface area contributed by atoms with Crippen LogP contribution in [0.3, 0.4) is 0 Å². The molecule has 2 heterocycles. The van der Waals surface area contributed by atoms with Crippen molar-refractivity contribution in [1.29, 1.82) is 0 Å². The Balaban J connectivity index is 1.72. The first-order chi connectivity index (χ1) is 15.5. The molecule has 3 rings (SSSR count). The number of ether oxygens (including phenoxy) is 4. The second kappa shape index (κ2) is 11.0. The normalized spacial score (nSPS) is 53.7. The van der Waals surface area contributed by atoms with Gasteiger partial charge in [0.2, 0.25) is 0 Å². The van der Waals surface area contributed by atoms with Gasteiger partial charge in [-0.2, -0.15) is 0 Å². The van der Waals surface area contributed by atoms with E-state index in [1.165, 1.54) is 0 Å². The van der Waals surface area contributed by atoms with Gasteiger partial charge in [-0.3, -0.25) is 0 Å². The molecular formula is C18H36N4O11. The molecule has 4 unspecified atom stereocenters. The van der Waals surface area contributed by atoms with E-state index in [2.05, 4.69) is 0 Å². The molecule has 0 bridgehead atoms. The summed E-state index contributed by atoms with van der Waals surface area (Å²) in [6, 6.07) is -2.86. The van der Waals surface area contributed by atoms with E-state index < -0.39 is 98.4 Å². The molecule has 0 spiro atoms. The molecule has 1 aliphatic carbocycles. The predicted molar refractivity (Wildman–Crippen MR) is 108 cm³/mol. The van der Waals surface area contributed by atoms with E-state index in [4.69, 9.17) is 41.9 Å². The van der Waals surface area contributed by atoms with Crippen LogP contribution in [0.1, 0.15) is 6.42 Å². The van der Waals surface area contributed by atoms with Crippen LogP contribution in [-0.4, -0.2) is 141 Å². The minimum Gasteiger partial charge on any atom is -0.394 e. The Hall–Kier alpha value is -0.600. The lowest BCUT2D eigenvalue weighted by Gasteiger charge is -2.48. The summed E-state index contributed by atoms with van der Waals surface area (Å²) in [7, 11) is 0. The average molecular weight is 485 g/mol. The molecule has 2 aliphatic heterocycles. The minimum atomic E-state index is -1.66. The minimum absolute atomic E-state index is 0.0849. The molecule has 2 saturated heterocycles. The molecule has 0 aromatic heterocycles. The zero-order valence-corrected chi connectivity index (χ0v) is 17.9. The lowest BCUT2D eigenvalue weighted by molar-refractivity contribution is -0.332. The lowest BCUT2D eigenvalue weighted by atomic mass is 9.84. The van der Waals surface area contributed by atoms with Crippen molar-refractivity contribution in [1.82, 2.24) is 0 Å². The Kier molecular flexibility index (Phi) is 8.99. The molecule has 15 heteroatoms. The van der Waals surface area contributed by atoms with Gasteiger partial charge < -0.3 is 77.6 Å². The topological polar surface area (TPSA) is 283 Å². The first-order valence-electron chi connectivity index (χ1n) is 10.8. The van der Waals surface area contributed by atoms with Crippen molar-refractivity contribution >= 4 is 0 Å². The average Bonchev–Trinajstić information content (AvgIpc) is 2.79. The zero-order valence-electron chi connectivity index (χ0n) is 17.9. The molecule has 33 heavy (non-hydrogen) atoms. The summed E-state index contributed by atoms with van der Waals surface area (Å²) in [5.41, 5.74) is 23.5. The van der Waals surface area contributed by atoms with Gasteiger partial charge >= 0.3 is 0 Å². The maximum atomic E-state index is 10.9. The van der Waals surface area contributed by atoms with E-state index >= 15 is 0 Å². The van der Waals surface area contributed by atoms with Crippen molar-refractivity contribution in [2.45, 2.75) is 98.2 Å². The highest BCUT2D eigenvalue weighted by molar-refractivity contribution is 5.01. The molecule has 0 radical (unpaired) electrons. The Bertz CT molecular complexity index is 584. The fourth-order valence-corrected chi connectivity index (χ4v) is 4.40. The summed E-state index contributed by atoms with van der Waals surface area (Å²) >= 11 is 0. The van der Waals surface area contributed by atoms with Gasteiger partial charge in [0.15, 0.2) is 12.6 Å². The van der Waals surface area contributed by atoms with Crippen LogP contribution >= 0.6 is 0 Å². The third kappa shape index (κ3) is 5.32. The largest absolute Gasteiger partial charge is 0.394 e. The van der Waals surface area contributed by atoms with E-state index in [-0.39, 0.29) is 13.0 Å². The molecule has 15 N–H and O–H groups in total. The van der Waals surface area contributed by atoms with Gasteiger partial charge in [0.05, 0.1) is 12.6 Å². The van der Waals surface area contributed by atoms with Gasteiger partial charge in [0, 0.05) is 18.6 Å². The number of aliphatic hydroxyl groups excluding tert-OH is 7. The molecule has 0 aromatic carbocycles. The molecule has 15 nitrogen and oxygen atoms in total. The fourth-order valence-electron chi connectivity index (χ4n) is 4.40. The first-order valence-corrected chi connectivity index (χ1v) is 10.8. The summed E-state index contributed by atoms with van der Waals surface area (Å²) in [6.45, 7) is -0.763. The number of rotatable bonds is 6. The van der Waals surface area contributed by atoms with E-state index in [1.807, 2.05) is 0 Å². The third-order valence-electron chi connectivity index (χ3n) is 6.48. The molecule has 15 atom stereocenters. The second-order valence-electron chi connectivity index (χ2n) is 8.79. The smallest absolute Gasteiger partial charge is 0.187 e. The molecule has 0 amide bonds. The Morgan fingerprint density at radius 2 is 1.18 bits per heavy atom. The van der Waals surface area contributed by atoms with Crippen LogP contribution in [-0.2, 0) is 18.9 Å². The number of nitrogens with two attached hydrogens (primary N) is 4. The predicted octanol–water partition coefficient (Wildman–Crippen LogP) is -7.29. The van der Waals surface area contributed by atoms with Crippen LogP contribution in [0.4, 0.5) is 0 Å². The molecule has 0 aromatic rings. The van der Waals surface area contributed by atoms with Crippen LogP contribution in [0.5, 0.6) is 0 Å². The second-order valence-corrected chi connectivity index (χ2v) is 8.79. The van der Waals surface area contributed by atoms with Gasteiger partial charge in [-0.1, -0.05) is 0 Å². The van der Waals surface area contributed by atoms with Gasteiger partial charge in [-0.25, -0.2) is 0 Å². The summed E-state index contributed by atoms with van der Waals surface area (Å²) < 4.78 is 22.2. The van der Waals surface area contributed by atoms with E-state index in [0.29, 0.717) is 0 Å². The Morgan fingerprint density at radius 1 is 0.667 bits per heavy atom. The molecule has 1 saturated carbocycles. The third-order valence-corrected chi connectivity index (χ3v) is 6.48. The number of hydrogen-bond acceptors (Lipinski definition) is 15. The van der Waals surface area contributed by atoms with Gasteiger partial charge in [0.1, 0.15) is 61.0 Å². The maximum absolute atomic E-state index is 10.9. The van der Waals surface area contributed by atoms with E-state index in [1.54, 1.807) is 0 Å². The highest BCUT2D eigenvalue weighted by Gasteiger charge is 2.51. The standard InChI is InChI=1S/C18H36N4O11/c19-2-6-10(25)12(27)13(28)18(30-6)33-16-5(21)1-4(20)15(14(16)29)32-17-11(26)8(22)9(24)7(3-23)31-17/h4-18,23-29H,1-3,19-22H2/t4-,5?,6-,7-,8-,9-,10-,11-,12+,13-,14?,15?,16?,17-,18-/m1/s1. The van der Waals surface area contributed by atoms with Crippen LogP contribution < -0.4 is 22.9 Å². The van der Waals surface area contributed by atoms with Crippen molar-refractivity contribution < 1.29 is 54.7 Å². The van der Waals surface area contributed by atoms with Gasteiger partial charge in [-0.15, -0.1) is 0 Å². The SMILES string of the molecule is NC[C@H]1O[C@H](OC2C(N)C[C@@H](N)C(O[C@H]3O[C@H](CO)[C@@H](O)[C@@H](N)[C@H]3O)C2O)[C@H](O)[C@@H](O)[C@@H]1O. The van der Waals surface area contributed by atoms with E-state index in [0.717, 1.165) is 0 Å². The van der Waals surface area contributed by atoms with Crippen molar-refractivity contribution in [3.05, 3.63) is 0 Å². The van der Waals surface area contributed by atoms with Crippen LogP contribution in [0, 0.1) is 0 Å². The summed E-state index contributed by atoms with van der Waals surface area (Å²) in [5.74, 6) is 0. The fraction of sp³-hybridized carbons (Fsp3) is 1.00. The molecular weight excluding hydrogens is 448 g/mol. The van der Waals surface area contributed by atoms with Crippen LogP contribution in [0.25, 0.3) is 0 Å². The highest BCUT2D eigenvalue weighted by atomic mass is 16.7.